The fraction of sp³-hybridized carbons (Fsp3) is 0.364. The number of phenols is 1. The van der Waals surface area contributed by atoms with Crippen LogP contribution in [0.1, 0.15) is 30.4 Å². The minimum Gasteiger partial charge on any atom is -0.504 e. The zero-order chi connectivity index (χ0) is 21.3. The number of halogens is 1. The first kappa shape index (κ1) is 22.1. The first-order valence-electron chi connectivity index (χ1n) is 9.87. The van der Waals surface area contributed by atoms with E-state index in [1.165, 1.54) is 38.7 Å². The maximum atomic E-state index is 12.1. The van der Waals surface area contributed by atoms with Gasteiger partial charge in [-0.15, -0.1) is 0 Å². The van der Waals surface area contributed by atoms with Crippen molar-refractivity contribution in [3.05, 3.63) is 52.0 Å². The van der Waals surface area contributed by atoms with Gasteiger partial charge < -0.3 is 14.6 Å². The predicted molar refractivity (Wildman–Crippen MR) is 119 cm³/mol. The van der Waals surface area contributed by atoms with Crippen molar-refractivity contribution in [1.29, 1.82) is 0 Å². The maximum Gasteiger partial charge on any atom is 0.277 e. The Kier molecular flexibility index (Phi) is 8.10. The number of rotatable bonds is 8. The molecule has 0 radical (unpaired) electrons. The molecular formula is C22H26BrN3O4. The number of carbonyl (C=O) groups is 1. The highest BCUT2D eigenvalue weighted by Gasteiger charge is 2.14. The van der Waals surface area contributed by atoms with Gasteiger partial charge in [0, 0.05) is 16.6 Å². The van der Waals surface area contributed by atoms with E-state index in [1.807, 2.05) is 18.2 Å². The first-order chi connectivity index (χ1) is 14.5. The van der Waals surface area contributed by atoms with Crippen molar-refractivity contribution in [2.45, 2.75) is 25.8 Å². The van der Waals surface area contributed by atoms with Gasteiger partial charge in [-0.3, -0.25) is 9.69 Å². The molecule has 1 aliphatic rings. The second kappa shape index (κ2) is 11.0. The van der Waals surface area contributed by atoms with Gasteiger partial charge in [0.2, 0.25) is 0 Å². The van der Waals surface area contributed by atoms with Crippen LogP contribution in [-0.2, 0) is 11.3 Å². The summed E-state index contributed by atoms with van der Waals surface area (Å²) in [6.45, 7) is 2.84. The number of carbonyl (C=O) groups excluding carboxylic acids is 1. The number of hydrogen-bond donors (Lipinski definition) is 2. The Morgan fingerprint density at radius 1 is 1.20 bits per heavy atom. The molecule has 160 valence electrons. The molecule has 2 aromatic rings. The van der Waals surface area contributed by atoms with E-state index in [0.29, 0.717) is 17.1 Å². The molecule has 1 aliphatic heterocycles. The molecule has 1 heterocycles. The molecule has 1 fully saturated rings. The second-order valence-electron chi connectivity index (χ2n) is 7.10. The highest BCUT2D eigenvalue weighted by atomic mass is 79.9. The van der Waals surface area contributed by atoms with Crippen LogP contribution in [0.3, 0.4) is 0 Å². The maximum absolute atomic E-state index is 12.1. The number of nitrogens with one attached hydrogen (secondary N) is 1. The van der Waals surface area contributed by atoms with Crippen molar-refractivity contribution in [3.8, 4) is 17.2 Å². The second-order valence-corrected chi connectivity index (χ2v) is 8.02. The van der Waals surface area contributed by atoms with Crippen molar-refractivity contribution in [2.75, 3.05) is 26.8 Å². The van der Waals surface area contributed by atoms with Gasteiger partial charge in [-0.05, 0) is 67.9 Å². The lowest BCUT2D eigenvalue weighted by Gasteiger charge is -2.27. The molecular weight excluding hydrogens is 450 g/mol. The molecule has 0 aliphatic carbocycles. The van der Waals surface area contributed by atoms with Gasteiger partial charge in [-0.1, -0.05) is 22.4 Å². The summed E-state index contributed by atoms with van der Waals surface area (Å²) in [5, 5.41) is 13.5. The molecule has 2 N–H and O–H groups in total. The molecule has 30 heavy (non-hydrogen) atoms. The lowest BCUT2D eigenvalue weighted by Crippen LogP contribution is -2.29. The number of methoxy groups -OCH3 is 1. The highest BCUT2D eigenvalue weighted by Crippen LogP contribution is 2.26. The number of nitrogens with zero attached hydrogens (tertiary/aromatic N) is 2. The Labute approximate surface area is 184 Å². The lowest BCUT2D eigenvalue weighted by atomic mass is 10.1. The van der Waals surface area contributed by atoms with Gasteiger partial charge in [0.15, 0.2) is 18.1 Å². The van der Waals surface area contributed by atoms with Gasteiger partial charge in [0.05, 0.1) is 13.3 Å². The van der Waals surface area contributed by atoms with E-state index in [4.69, 9.17) is 9.47 Å². The van der Waals surface area contributed by atoms with Crippen molar-refractivity contribution in [1.82, 2.24) is 10.3 Å². The van der Waals surface area contributed by atoms with Gasteiger partial charge >= 0.3 is 0 Å². The minimum atomic E-state index is -0.358. The van der Waals surface area contributed by atoms with Crippen LogP contribution in [0, 0.1) is 0 Å². The van der Waals surface area contributed by atoms with Gasteiger partial charge in [-0.2, -0.15) is 5.10 Å². The molecule has 0 saturated carbocycles. The van der Waals surface area contributed by atoms with Crippen molar-refractivity contribution in [3.63, 3.8) is 0 Å². The third-order valence-corrected chi connectivity index (χ3v) is 5.32. The summed E-state index contributed by atoms with van der Waals surface area (Å²) in [6.07, 6.45) is 5.20. The Hall–Kier alpha value is -2.58. The van der Waals surface area contributed by atoms with Gasteiger partial charge in [0.25, 0.3) is 5.91 Å². The smallest absolute Gasteiger partial charge is 0.277 e. The monoisotopic (exact) mass is 475 g/mol. The minimum absolute atomic E-state index is 0.0435. The molecule has 0 spiro atoms. The first-order valence-corrected chi connectivity index (χ1v) is 10.7. The molecule has 2 aromatic carbocycles. The summed E-state index contributed by atoms with van der Waals surface area (Å²) in [4.78, 5) is 14.5. The molecule has 3 rings (SSSR count). The molecule has 7 nitrogen and oxygen atoms in total. The average molecular weight is 476 g/mol. The number of hydrazone groups is 1. The summed E-state index contributed by atoms with van der Waals surface area (Å²) in [5.41, 5.74) is 4.19. The third kappa shape index (κ3) is 6.47. The topological polar surface area (TPSA) is 83.4 Å². The zero-order valence-electron chi connectivity index (χ0n) is 16.9. The van der Waals surface area contributed by atoms with E-state index in [9.17, 15) is 9.90 Å². The summed E-state index contributed by atoms with van der Waals surface area (Å²) in [6, 6.07) is 10.6. The number of aromatic hydroxyl groups is 1. The van der Waals surface area contributed by atoms with Crippen LogP contribution < -0.4 is 14.9 Å². The average Bonchev–Trinajstić information content (AvgIpc) is 2.75. The Balaban J connectivity index is 1.54. The van der Waals surface area contributed by atoms with Gasteiger partial charge in [-0.25, -0.2) is 5.43 Å². The van der Waals surface area contributed by atoms with Crippen LogP contribution in [0.25, 0.3) is 0 Å². The molecule has 0 bridgehead atoms. The number of piperidine rings is 1. The fourth-order valence-corrected chi connectivity index (χ4v) is 3.71. The van der Waals surface area contributed by atoms with E-state index < -0.39 is 0 Å². The molecule has 0 atom stereocenters. The van der Waals surface area contributed by atoms with Crippen molar-refractivity contribution in [2.24, 2.45) is 5.10 Å². The highest BCUT2D eigenvalue weighted by molar-refractivity contribution is 9.10. The van der Waals surface area contributed by atoms with Crippen LogP contribution in [0.5, 0.6) is 17.2 Å². The van der Waals surface area contributed by atoms with E-state index in [1.54, 1.807) is 12.1 Å². The molecule has 0 aromatic heterocycles. The van der Waals surface area contributed by atoms with E-state index in [-0.39, 0.29) is 18.3 Å². The van der Waals surface area contributed by atoms with Gasteiger partial charge in [0.1, 0.15) is 5.75 Å². The number of ether oxygens (including phenoxy) is 2. The molecule has 8 heteroatoms. The van der Waals surface area contributed by atoms with Crippen molar-refractivity contribution < 1.29 is 19.4 Å². The Morgan fingerprint density at radius 3 is 2.77 bits per heavy atom. The number of amides is 1. The molecule has 0 unspecified atom stereocenters. The Morgan fingerprint density at radius 2 is 2.00 bits per heavy atom. The van der Waals surface area contributed by atoms with Crippen LogP contribution in [0.15, 0.2) is 46.0 Å². The lowest BCUT2D eigenvalue weighted by molar-refractivity contribution is -0.123. The third-order valence-electron chi connectivity index (χ3n) is 4.83. The fourth-order valence-electron chi connectivity index (χ4n) is 3.30. The normalized spacial score (nSPS) is 14.6. The number of phenolic OH excluding ortho intramolecular Hbond substituents is 1. The summed E-state index contributed by atoms with van der Waals surface area (Å²) < 4.78 is 11.8. The van der Waals surface area contributed by atoms with Crippen LogP contribution in [0.4, 0.5) is 0 Å². The summed E-state index contributed by atoms with van der Waals surface area (Å²) in [5.74, 6) is 0.724. The van der Waals surface area contributed by atoms with E-state index >= 15 is 0 Å². The van der Waals surface area contributed by atoms with Crippen molar-refractivity contribution >= 4 is 28.1 Å². The molecule has 1 amide bonds. The van der Waals surface area contributed by atoms with E-state index in [0.717, 1.165) is 29.7 Å². The zero-order valence-corrected chi connectivity index (χ0v) is 18.5. The SMILES string of the molecule is COc1cc(/C=N/NC(=O)COc2ccc(Br)cc2CN2CCCCC2)ccc1O. The largest absolute Gasteiger partial charge is 0.504 e. The number of likely N-dealkylation sites (tertiary alicyclic amines) is 1. The molecule has 1 saturated heterocycles. The quantitative estimate of drug-likeness (QED) is 0.449. The van der Waals surface area contributed by atoms with E-state index in [2.05, 4.69) is 31.4 Å². The standard InChI is InChI=1S/C22H26BrN3O4/c1-29-21-11-16(5-7-19(21)27)13-24-25-22(28)15-30-20-8-6-18(23)12-17(20)14-26-9-3-2-4-10-26/h5-8,11-13,27H,2-4,9-10,14-15H2,1H3,(H,25,28)/b24-13+. The van der Waals surface area contributed by atoms with Crippen LogP contribution >= 0.6 is 15.9 Å². The summed E-state index contributed by atoms with van der Waals surface area (Å²) >= 11 is 3.52. The van der Waals surface area contributed by atoms with Crippen LogP contribution in [0.2, 0.25) is 0 Å². The van der Waals surface area contributed by atoms with Crippen LogP contribution in [-0.4, -0.2) is 48.9 Å². The predicted octanol–water partition coefficient (Wildman–Crippen LogP) is 3.68. The Bertz CT molecular complexity index is 898. The summed E-state index contributed by atoms with van der Waals surface area (Å²) in [7, 11) is 1.47. The number of benzene rings is 2. The number of hydrogen-bond acceptors (Lipinski definition) is 6.